The minimum absolute atomic E-state index is 0.201. The van der Waals surface area contributed by atoms with E-state index < -0.39 is 0 Å². The molecule has 0 unspecified atom stereocenters. The predicted molar refractivity (Wildman–Crippen MR) is 120 cm³/mol. The zero-order chi connectivity index (χ0) is 20.5. The third-order valence-corrected chi connectivity index (χ3v) is 5.84. The quantitative estimate of drug-likeness (QED) is 0.479. The number of halogens is 1. The Morgan fingerprint density at radius 1 is 0.828 bits per heavy atom. The molecule has 1 saturated carbocycles. The van der Waals surface area contributed by atoms with E-state index in [1.165, 1.54) is 38.5 Å². The first kappa shape index (κ1) is 21.2. The smallest absolute Gasteiger partial charge is 0.139 e. The van der Waals surface area contributed by atoms with Crippen molar-refractivity contribution in [3.63, 3.8) is 0 Å². The van der Waals surface area contributed by atoms with E-state index in [2.05, 4.69) is 43.6 Å². The molecule has 1 aliphatic carbocycles. The lowest BCUT2D eigenvalue weighted by atomic mass is 9.77. The highest BCUT2D eigenvalue weighted by Gasteiger charge is 2.22. The second kappa shape index (κ2) is 10.9. The maximum Gasteiger partial charge on any atom is 0.139 e. The van der Waals surface area contributed by atoms with Gasteiger partial charge in [0.2, 0.25) is 0 Å². The van der Waals surface area contributed by atoms with Gasteiger partial charge in [0.1, 0.15) is 5.82 Å². The van der Waals surface area contributed by atoms with E-state index in [-0.39, 0.29) is 5.82 Å². The van der Waals surface area contributed by atoms with E-state index in [4.69, 9.17) is 0 Å². The normalized spacial score (nSPS) is 18.3. The molecule has 2 aromatic rings. The highest BCUT2D eigenvalue weighted by Crippen LogP contribution is 2.37. The van der Waals surface area contributed by atoms with Crippen molar-refractivity contribution in [1.29, 1.82) is 0 Å². The zero-order valence-electron chi connectivity index (χ0n) is 17.7. The lowest BCUT2D eigenvalue weighted by Crippen LogP contribution is -2.13. The van der Waals surface area contributed by atoms with Gasteiger partial charge in [-0.25, -0.2) is 4.39 Å². The van der Waals surface area contributed by atoms with Gasteiger partial charge in [0, 0.05) is 17.5 Å². The summed E-state index contributed by atoms with van der Waals surface area (Å²) in [6.07, 6.45) is 9.51. The van der Waals surface area contributed by atoms with Crippen molar-refractivity contribution >= 4 is 0 Å². The predicted octanol–water partition coefficient (Wildman–Crippen LogP) is 7.45. The average molecular weight is 387 g/mol. The number of benzene rings is 2. The van der Waals surface area contributed by atoms with Crippen molar-refractivity contribution < 1.29 is 4.39 Å². The molecular formula is C28H31F. The van der Waals surface area contributed by atoms with E-state index in [9.17, 15) is 4.39 Å². The molecule has 29 heavy (non-hydrogen) atoms. The van der Waals surface area contributed by atoms with E-state index in [0.717, 1.165) is 35.4 Å². The van der Waals surface area contributed by atoms with Crippen LogP contribution in [0, 0.1) is 35.4 Å². The summed E-state index contributed by atoms with van der Waals surface area (Å²) in [6, 6.07) is 13.5. The minimum Gasteiger partial charge on any atom is -0.206 e. The van der Waals surface area contributed by atoms with Crippen LogP contribution in [-0.4, -0.2) is 0 Å². The summed E-state index contributed by atoms with van der Waals surface area (Å²) in [5.41, 5.74) is 3.48. The molecule has 0 bridgehead atoms. The summed E-state index contributed by atoms with van der Waals surface area (Å²) < 4.78 is 14.6. The maximum absolute atomic E-state index is 14.6. The third kappa shape index (κ3) is 6.24. The molecule has 0 radical (unpaired) electrons. The molecule has 0 amide bonds. The molecule has 0 atom stereocenters. The summed E-state index contributed by atoms with van der Waals surface area (Å²) >= 11 is 0. The van der Waals surface area contributed by atoms with E-state index in [1.54, 1.807) is 6.07 Å². The Morgan fingerprint density at radius 2 is 1.52 bits per heavy atom. The molecule has 0 nitrogen and oxygen atoms in total. The Kier molecular flexibility index (Phi) is 7.95. The Bertz CT molecular complexity index is 907. The zero-order valence-corrected chi connectivity index (χ0v) is 17.7. The van der Waals surface area contributed by atoms with Gasteiger partial charge in [-0.15, -0.1) is 0 Å². The van der Waals surface area contributed by atoms with Gasteiger partial charge in [-0.05, 0) is 85.9 Å². The van der Waals surface area contributed by atoms with Gasteiger partial charge in [-0.3, -0.25) is 0 Å². The molecule has 1 fully saturated rings. The largest absolute Gasteiger partial charge is 0.206 e. The minimum atomic E-state index is -0.201. The standard InChI is InChI=1S/C28H31F/c1-3-5-6-8-23-9-11-24(12-10-23)15-18-26-19-20-27(21-28(26)29)25-16-13-22(7-4-2)14-17-25/h9-12,19-22,25H,3-5,7,13-14,16-17H2,1-2H3. The van der Waals surface area contributed by atoms with Gasteiger partial charge in [0.05, 0.1) is 5.56 Å². The van der Waals surface area contributed by atoms with Crippen molar-refractivity contribution in [3.05, 3.63) is 70.5 Å². The van der Waals surface area contributed by atoms with Crippen LogP contribution >= 0.6 is 0 Å². The summed E-state index contributed by atoms with van der Waals surface area (Å²) in [7, 11) is 0. The van der Waals surface area contributed by atoms with Crippen molar-refractivity contribution in [2.45, 2.75) is 71.1 Å². The molecule has 0 saturated heterocycles. The molecule has 0 heterocycles. The lowest BCUT2D eigenvalue weighted by Gasteiger charge is -2.28. The van der Waals surface area contributed by atoms with Crippen molar-refractivity contribution in [2.24, 2.45) is 5.92 Å². The molecule has 1 aliphatic rings. The second-order valence-corrected chi connectivity index (χ2v) is 8.12. The summed E-state index contributed by atoms with van der Waals surface area (Å²) in [6.45, 7) is 4.38. The molecule has 0 N–H and O–H groups in total. The number of rotatable bonds is 4. The molecule has 3 rings (SSSR count). The molecule has 0 aliphatic heterocycles. The van der Waals surface area contributed by atoms with Gasteiger partial charge >= 0.3 is 0 Å². The van der Waals surface area contributed by atoms with Crippen LogP contribution in [0.5, 0.6) is 0 Å². The molecule has 2 aromatic carbocycles. The van der Waals surface area contributed by atoms with E-state index in [1.807, 2.05) is 30.3 Å². The van der Waals surface area contributed by atoms with Crippen LogP contribution in [0.25, 0.3) is 0 Å². The summed E-state index contributed by atoms with van der Waals surface area (Å²) in [4.78, 5) is 0. The van der Waals surface area contributed by atoms with Gasteiger partial charge in [0.15, 0.2) is 0 Å². The third-order valence-electron chi connectivity index (χ3n) is 5.84. The Labute approximate surface area is 175 Å². The molecule has 150 valence electrons. The number of unbranched alkanes of at least 4 members (excludes halogenated alkanes) is 1. The van der Waals surface area contributed by atoms with Gasteiger partial charge in [-0.1, -0.05) is 56.4 Å². The van der Waals surface area contributed by atoms with Crippen molar-refractivity contribution in [3.8, 4) is 23.7 Å². The maximum atomic E-state index is 14.6. The van der Waals surface area contributed by atoms with Crippen LogP contribution in [0.1, 0.15) is 93.4 Å². The highest BCUT2D eigenvalue weighted by molar-refractivity contribution is 5.47. The summed E-state index contributed by atoms with van der Waals surface area (Å²) in [5, 5.41) is 0. The lowest BCUT2D eigenvalue weighted by molar-refractivity contribution is 0.308. The summed E-state index contributed by atoms with van der Waals surface area (Å²) in [5.74, 6) is 13.5. The van der Waals surface area contributed by atoms with Gasteiger partial charge in [-0.2, -0.15) is 0 Å². The fourth-order valence-corrected chi connectivity index (χ4v) is 4.15. The van der Waals surface area contributed by atoms with Gasteiger partial charge < -0.3 is 0 Å². The Balaban J connectivity index is 1.64. The average Bonchev–Trinajstić information content (AvgIpc) is 2.75. The van der Waals surface area contributed by atoms with Gasteiger partial charge in [0.25, 0.3) is 0 Å². The van der Waals surface area contributed by atoms with Crippen LogP contribution < -0.4 is 0 Å². The van der Waals surface area contributed by atoms with Crippen LogP contribution in [-0.2, 0) is 0 Å². The first-order valence-electron chi connectivity index (χ1n) is 11.1. The van der Waals surface area contributed by atoms with Crippen molar-refractivity contribution in [1.82, 2.24) is 0 Å². The van der Waals surface area contributed by atoms with E-state index >= 15 is 0 Å². The topological polar surface area (TPSA) is 0 Å². The van der Waals surface area contributed by atoms with Crippen LogP contribution in [0.3, 0.4) is 0 Å². The number of hydrogen-bond acceptors (Lipinski definition) is 0. The molecule has 0 spiro atoms. The second-order valence-electron chi connectivity index (χ2n) is 8.12. The number of hydrogen-bond donors (Lipinski definition) is 0. The molecule has 1 heteroatoms. The first-order chi connectivity index (χ1) is 14.2. The Morgan fingerprint density at radius 3 is 2.14 bits per heavy atom. The molecular weight excluding hydrogens is 355 g/mol. The van der Waals surface area contributed by atoms with E-state index in [0.29, 0.717) is 11.5 Å². The van der Waals surface area contributed by atoms with Crippen LogP contribution in [0.15, 0.2) is 42.5 Å². The Hall–Kier alpha value is -2.51. The van der Waals surface area contributed by atoms with Crippen molar-refractivity contribution in [2.75, 3.05) is 0 Å². The monoisotopic (exact) mass is 386 g/mol. The molecule has 0 aromatic heterocycles. The fourth-order valence-electron chi connectivity index (χ4n) is 4.15. The fraction of sp³-hybridized carbons (Fsp3) is 0.429. The van der Waals surface area contributed by atoms with Crippen LogP contribution in [0.4, 0.5) is 4.39 Å². The first-order valence-corrected chi connectivity index (χ1v) is 11.1. The SMILES string of the molecule is CCCC#Cc1ccc(C#Cc2ccc(C3CCC(CCC)CC3)cc2F)cc1. The highest BCUT2D eigenvalue weighted by atomic mass is 19.1. The van der Waals surface area contributed by atoms with Crippen LogP contribution in [0.2, 0.25) is 0 Å².